The van der Waals surface area contributed by atoms with Crippen molar-refractivity contribution in [2.45, 2.75) is 6.54 Å². The number of halogens is 1. The maximum atomic E-state index is 12.2. The van der Waals surface area contributed by atoms with E-state index < -0.39 is 0 Å². The summed E-state index contributed by atoms with van der Waals surface area (Å²) in [5.74, 6) is 0.411. The summed E-state index contributed by atoms with van der Waals surface area (Å²) in [4.78, 5) is 13.8. The van der Waals surface area contributed by atoms with Crippen LogP contribution in [0.1, 0.15) is 5.56 Å². The van der Waals surface area contributed by atoms with Crippen LogP contribution < -0.4 is 4.74 Å². The zero-order chi connectivity index (χ0) is 15.8. The molecule has 4 nitrogen and oxygen atoms in total. The summed E-state index contributed by atoms with van der Waals surface area (Å²) in [7, 11) is 0. The van der Waals surface area contributed by atoms with Crippen LogP contribution in [0.25, 0.3) is 0 Å². The molecule has 0 aromatic heterocycles. The molecule has 0 heterocycles. The Bertz CT molecular complexity index is 587. The van der Waals surface area contributed by atoms with Crippen molar-refractivity contribution in [1.29, 1.82) is 0 Å². The molecule has 22 heavy (non-hydrogen) atoms. The lowest BCUT2D eigenvalue weighted by Gasteiger charge is -2.22. The second kappa shape index (κ2) is 8.41. The minimum atomic E-state index is -0.173. The molecule has 0 aliphatic heterocycles. The van der Waals surface area contributed by atoms with E-state index in [9.17, 15) is 4.79 Å². The molecule has 0 radical (unpaired) electrons. The standard InChI is InChI=1S/C17H18ClNO3/c18-15-6-8-16(9-7-15)22-13-17(21)19(10-11-20)12-14-4-2-1-3-5-14/h1-9,20H,10-13H2. The number of aliphatic hydroxyl groups is 1. The zero-order valence-corrected chi connectivity index (χ0v) is 12.9. The number of hydrogen-bond donors (Lipinski definition) is 1. The van der Waals surface area contributed by atoms with E-state index >= 15 is 0 Å². The van der Waals surface area contributed by atoms with E-state index in [1.165, 1.54) is 0 Å². The summed E-state index contributed by atoms with van der Waals surface area (Å²) in [5.41, 5.74) is 1.01. The van der Waals surface area contributed by atoms with Crippen LogP contribution >= 0.6 is 11.6 Å². The minimum absolute atomic E-state index is 0.0749. The zero-order valence-electron chi connectivity index (χ0n) is 12.1. The molecule has 0 unspecified atom stereocenters. The van der Waals surface area contributed by atoms with E-state index in [1.807, 2.05) is 30.3 Å². The molecule has 0 atom stereocenters. The minimum Gasteiger partial charge on any atom is -0.484 e. The van der Waals surface area contributed by atoms with Crippen LogP contribution in [-0.4, -0.2) is 35.7 Å². The third kappa shape index (κ3) is 5.06. The third-order valence-corrected chi connectivity index (χ3v) is 3.37. The Labute approximate surface area is 134 Å². The first-order chi connectivity index (χ1) is 10.7. The summed E-state index contributed by atoms with van der Waals surface area (Å²) < 4.78 is 5.46. The second-order valence-electron chi connectivity index (χ2n) is 4.77. The van der Waals surface area contributed by atoms with E-state index in [0.29, 0.717) is 17.3 Å². The number of ether oxygens (including phenoxy) is 1. The van der Waals surface area contributed by atoms with Gasteiger partial charge in [0.15, 0.2) is 6.61 Å². The number of amides is 1. The van der Waals surface area contributed by atoms with Crippen LogP contribution in [0, 0.1) is 0 Å². The molecular formula is C17H18ClNO3. The Hall–Kier alpha value is -2.04. The number of rotatable bonds is 7. The fraction of sp³-hybridized carbons (Fsp3) is 0.235. The Morgan fingerprint density at radius 3 is 2.41 bits per heavy atom. The molecule has 1 amide bonds. The van der Waals surface area contributed by atoms with Gasteiger partial charge in [0.2, 0.25) is 0 Å². The van der Waals surface area contributed by atoms with E-state index in [1.54, 1.807) is 29.2 Å². The number of hydrogen-bond acceptors (Lipinski definition) is 3. The van der Waals surface area contributed by atoms with Gasteiger partial charge in [-0.1, -0.05) is 41.9 Å². The van der Waals surface area contributed by atoms with Crippen LogP contribution in [0.3, 0.4) is 0 Å². The number of nitrogens with zero attached hydrogens (tertiary/aromatic N) is 1. The molecule has 0 saturated heterocycles. The Morgan fingerprint density at radius 1 is 1.09 bits per heavy atom. The smallest absolute Gasteiger partial charge is 0.260 e. The summed E-state index contributed by atoms with van der Waals surface area (Å²) in [6.07, 6.45) is 0. The van der Waals surface area contributed by atoms with Crippen LogP contribution in [0.4, 0.5) is 0 Å². The maximum absolute atomic E-state index is 12.2. The highest BCUT2D eigenvalue weighted by Gasteiger charge is 2.14. The lowest BCUT2D eigenvalue weighted by molar-refractivity contribution is -0.134. The van der Waals surface area contributed by atoms with E-state index in [2.05, 4.69) is 0 Å². The first kappa shape index (κ1) is 16.3. The molecule has 2 aromatic rings. The van der Waals surface area contributed by atoms with Gasteiger partial charge < -0.3 is 14.7 Å². The Balaban J connectivity index is 1.93. The van der Waals surface area contributed by atoms with Crippen LogP contribution in [0.15, 0.2) is 54.6 Å². The molecule has 0 saturated carbocycles. The lowest BCUT2D eigenvalue weighted by Crippen LogP contribution is -2.36. The first-order valence-corrected chi connectivity index (χ1v) is 7.38. The van der Waals surface area contributed by atoms with Crippen molar-refractivity contribution in [1.82, 2.24) is 4.90 Å². The normalized spacial score (nSPS) is 10.3. The van der Waals surface area contributed by atoms with Gasteiger partial charge in [-0.05, 0) is 29.8 Å². The van der Waals surface area contributed by atoms with Gasteiger partial charge >= 0.3 is 0 Å². The molecule has 0 aliphatic rings. The number of carbonyl (C=O) groups excluding carboxylic acids is 1. The van der Waals surface area contributed by atoms with Gasteiger partial charge in [-0.15, -0.1) is 0 Å². The predicted octanol–water partition coefficient (Wildman–Crippen LogP) is 2.74. The van der Waals surface area contributed by atoms with Crippen molar-refractivity contribution in [3.05, 3.63) is 65.2 Å². The van der Waals surface area contributed by atoms with E-state index in [0.717, 1.165) is 5.56 Å². The van der Waals surface area contributed by atoms with Crippen LogP contribution in [0.5, 0.6) is 5.75 Å². The lowest BCUT2D eigenvalue weighted by atomic mass is 10.2. The van der Waals surface area contributed by atoms with Crippen LogP contribution in [0.2, 0.25) is 5.02 Å². The van der Waals surface area contributed by atoms with Crippen LogP contribution in [-0.2, 0) is 11.3 Å². The quantitative estimate of drug-likeness (QED) is 0.853. The van der Waals surface area contributed by atoms with Gasteiger partial charge in [-0.3, -0.25) is 4.79 Å². The van der Waals surface area contributed by atoms with Crippen molar-refractivity contribution in [2.24, 2.45) is 0 Å². The van der Waals surface area contributed by atoms with Gasteiger partial charge in [-0.2, -0.15) is 0 Å². The average molecular weight is 320 g/mol. The van der Waals surface area contributed by atoms with Gasteiger partial charge in [0.05, 0.1) is 6.61 Å². The molecule has 0 spiro atoms. The number of aliphatic hydroxyl groups excluding tert-OH is 1. The largest absolute Gasteiger partial charge is 0.484 e. The molecule has 5 heteroatoms. The van der Waals surface area contributed by atoms with Crippen molar-refractivity contribution in [3.63, 3.8) is 0 Å². The molecule has 0 bridgehead atoms. The molecular weight excluding hydrogens is 302 g/mol. The van der Waals surface area contributed by atoms with Crippen molar-refractivity contribution >= 4 is 17.5 Å². The van der Waals surface area contributed by atoms with Crippen molar-refractivity contribution < 1.29 is 14.6 Å². The summed E-state index contributed by atoms with van der Waals surface area (Å²) >= 11 is 5.80. The molecule has 0 aliphatic carbocycles. The molecule has 0 fully saturated rings. The summed E-state index contributed by atoms with van der Waals surface area (Å²) in [5, 5.41) is 9.75. The SMILES string of the molecule is O=C(COc1ccc(Cl)cc1)N(CCO)Cc1ccccc1. The second-order valence-corrected chi connectivity index (χ2v) is 5.20. The fourth-order valence-electron chi connectivity index (χ4n) is 1.98. The molecule has 2 rings (SSSR count). The molecule has 2 aromatic carbocycles. The summed E-state index contributed by atoms with van der Waals surface area (Å²) in [6.45, 7) is 0.565. The summed E-state index contributed by atoms with van der Waals surface area (Å²) in [6, 6.07) is 16.5. The highest BCUT2D eigenvalue weighted by Crippen LogP contribution is 2.15. The first-order valence-electron chi connectivity index (χ1n) is 7.00. The molecule has 116 valence electrons. The highest BCUT2D eigenvalue weighted by molar-refractivity contribution is 6.30. The van der Waals surface area contributed by atoms with Gasteiger partial charge in [-0.25, -0.2) is 0 Å². The average Bonchev–Trinajstić information content (AvgIpc) is 2.54. The topological polar surface area (TPSA) is 49.8 Å². The third-order valence-electron chi connectivity index (χ3n) is 3.11. The van der Waals surface area contributed by atoms with E-state index in [-0.39, 0.29) is 25.7 Å². The van der Waals surface area contributed by atoms with Crippen molar-refractivity contribution in [3.8, 4) is 5.75 Å². The van der Waals surface area contributed by atoms with Gasteiger partial charge in [0.25, 0.3) is 5.91 Å². The van der Waals surface area contributed by atoms with Crippen molar-refractivity contribution in [2.75, 3.05) is 19.8 Å². The molecule has 1 N–H and O–H groups in total. The Morgan fingerprint density at radius 2 is 1.77 bits per heavy atom. The van der Waals surface area contributed by atoms with Gasteiger partial charge in [0.1, 0.15) is 5.75 Å². The predicted molar refractivity (Wildman–Crippen MR) is 85.9 cm³/mol. The number of carbonyl (C=O) groups is 1. The fourth-order valence-corrected chi connectivity index (χ4v) is 2.11. The van der Waals surface area contributed by atoms with E-state index in [4.69, 9.17) is 21.4 Å². The van der Waals surface area contributed by atoms with Gasteiger partial charge in [0, 0.05) is 18.1 Å². The Kier molecular flexibility index (Phi) is 6.25. The maximum Gasteiger partial charge on any atom is 0.260 e. The number of benzene rings is 2. The monoisotopic (exact) mass is 319 g/mol. The highest BCUT2D eigenvalue weighted by atomic mass is 35.5.